The highest BCUT2D eigenvalue weighted by Gasteiger charge is 2.18. The molecule has 0 aromatic heterocycles. The molecule has 0 aliphatic rings. The number of benzene rings is 1. The van der Waals surface area contributed by atoms with Gasteiger partial charge in [0.25, 0.3) is 0 Å². The molecule has 0 saturated heterocycles. The minimum Gasteiger partial charge on any atom is -0.496 e. The predicted molar refractivity (Wildman–Crippen MR) is 75.7 cm³/mol. The summed E-state index contributed by atoms with van der Waals surface area (Å²) in [6.45, 7) is 4.41. The second-order valence-electron chi connectivity index (χ2n) is 4.86. The lowest BCUT2D eigenvalue weighted by atomic mass is 10.0. The van der Waals surface area contributed by atoms with Crippen molar-refractivity contribution >= 4 is 17.6 Å². The van der Waals surface area contributed by atoms with Crippen LogP contribution in [0.3, 0.4) is 0 Å². The zero-order chi connectivity index (χ0) is 14.4. The number of carboxylic acids is 1. The van der Waals surface area contributed by atoms with Crippen molar-refractivity contribution in [2.75, 3.05) is 7.11 Å². The van der Waals surface area contributed by atoms with Crippen LogP contribution in [-0.2, 0) is 11.3 Å². The number of rotatable bonds is 7. The van der Waals surface area contributed by atoms with Crippen LogP contribution in [0.25, 0.3) is 0 Å². The SMILES string of the molecule is COc1ccc(Cl)cc1CN[C@@H](CC(C)C)C(=O)O. The molecule has 0 fully saturated rings. The van der Waals surface area contributed by atoms with Gasteiger partial charge >= 0.3 is 5.97 Å². The van der Waals surface area contributed by atoms with E-state index < -0.39 is 12.0 Å². The summed E-state index contributed by atoms with van der Waals surface area (Å²) in [6.07, 6.45) is 0.582. The van der Waals surface area contributed by atoms with E-state index >= 15 is 0 Å². The first-order chi connectivity index (χ1) is 8.93. The lowest BCUT2D eigenvalue weighted by Gasteiger charge is -2.17. The zero-order valence-corrected chi connectivity index (χ0v) is 12.2. The fraction of sp³-hybridized carbons (Fsp3) is 0.500. The van der Waals surface area contributed by atoms with Crippen LogP contribution in [0.2, 0.25) is 5.02 Å². The van der Waals surface area contributed by atoms with Crippen molar-refractivity contribution in [3.8, 4) is 5.75 Å². The molecule has 0 bridgehead atoms. The molecular weight excluding hydrogens is 266 g/mol. The van der Waals surface area contributed by atoms with Gasteiger partial charge < -0.3 is 15.2 Å². The molecule has 1 aromatic rings. The lowest BCUT2D eigenvalue weighted by Crippen LogP contribution is -2.37. The molecule has 0 aliphatic carbocycles. The smallest absolute Gasteiger partial charge is 0.320 e. The Labute approximate surface area is 118 Å². The second-order valence-corrected chi connectivity index (χ2v) is 5.29. The molecule has 2 N–H and O–H groups in total. The Hall–Kier alpha value is -1.26. The summed E-state index contributed by atoms with van der Waals surface area (Å²) >= 11 is 5.94. The van der Waals surface area contributed by atoms with Gasteiger partial charge in [-0.3, -0.25) is 4.79 Å². The number of hydrogen-bond acceptors (Lipinski definition) is 3. The number of aliphatic carboxylic acids is 1. The molecule has 0 unspecified atom stereocenters. The number of nitrogens with one attached hydrogen (secondary N) is 1. The van der Waals surface area contributed by atoms with Crippen molar-refractivity contribution in [3.63, 3.8) is 0 Å². The molecule has 0 amide bonds. The molecule has 0 aliphatic heterocycles. The Kier molecular flexibility index (Phi) is 6.12. The van der Waals surface area contributed by atoms with Gasteiger partial charge in [0.05, 0.1) is 7.11 Å². The van der Waals surface area contributed by atoms with Gasteiger partial charge in [-0.1, -0.05) is 25.4 Å². The molecule has 1 aromatic carbocycles. The van der Waals surface area contributed by atoms with Crippen molar-refractivity contribution < 1.29 is 14.6 Å². The maximum Gasteiger partial charge on any atom is 0.320 e. The van der Waals surface area contributed by atoms with Crippen molar-refractivity contribution in [3.05, 3.63) is 28.8 Å². The Bertz CT molecular complexity index is 435. The monoisotopic (exact) mass is 285 g/mol. The Morgan fingerprint density at radius 2 is 2.16 bits per heavy atom. The van der Waals surface area contributed by atoms with Gasteiger partial charge in [0.15, 0.2) is 0 Å². The topological polar surface area (TPSA) is 58.6 Å². The molecule has 106 valence electrons. The van der Waals surface area contributed by atoms with Crippen molar-refractivity contribution in [1.82, 2.24) is 5.32 Å². The quantitative estimate of drug-likeness (QED) is 0.809. The number of carboxylic acid groups (broad SMARTS) is 1. The molecule has 0 spiro atoms. The fourth-order valence-corrected chi connectivity index (χ4v) is 2.06. The van der Waals surface area contributed by atoms with E-state index in [1.807, 2.05) is 13.8 Å². The van der Waals surface area contributed by atoms with Crippen LogP contribution in [0.4, 0.5) is 0 Å². The van der Waals surface area contributed by atoms with E-state index in [2.05, 4.69) is 5.32 Å². The summed E-state index contributed by atoms with van der Waals surface area (Å²) in [7, 11) is 1.58. The van der Waals surface area contributed by atoms with Crippen LogP contribution in [0.5, 0.6) is 5.75 Å². The van der Waals surface area contributed by atoms with Crippen LogP contribution < -0.4 is 10.1 Å². The van der Waals surface area contributed by atoms with Crippen molar-refractivity contribution in [1.29, 1.82) is 0 Å². The van der Waals surface area contributed by atoms with E-state index in [0.29, 0.717) is 29.7 Å². The average molecular weight is 286 g/mol. The first-order valence-electron chi connectivity index (χ1n) is 6.22. The molecular formula is C14H20ClNO3. The van der Waals surface area contributed by atoms with E-state index in [9.17, 15) is 4.79 Å². The highest BCUT2D eigenvalue weighted by Crippen LogP contribution is 2.22. The largest absolute Gasteiger partial charge is 0.496 e. The van der Waals surface area contributed by atoms with E-state index in [-0.39, 0.29) is 0 Å². The van der Waals surface area contributed by atoms with Crippen LogP contribution in [0.1, 0.15) is 25.8 Å². The Morgan fingerprint density at radius 3 is 2.68 bits per heavy atom. The minimum atomic E-state index is -0.838. The van der Waals surface area contributed by atoms with Gasteiger partial charge in [0, 0.05) is 17.1 Å². The third kappa shape index (κ3) is 5.09. The molecule has 0 saturated carbocycles. The minimum absolute atomic E-state index is 0.315. The lowest BCUT2D eigenvalue weighted by molar-refractivity contribution is -0.140. The van der Waals surface area contributed by atoms with Gasteiger partial charge in [-0.15, -0.1) is 0 Å². The number of ether oxygens (including phenoxy) is 1. The molecule has 0 radical (unpaired) electrons. The third-order valence-corrected chi connectivity index (χ3v) is 3.02. The molecule has 0 heterocycles. The standard InChI is InChI=1S/C14H20ClNO3/c1-9(2)6-12(14(17)18)16-8-10-7-11(15)4-5-13(10)19-3/h4-5,7,9,12,16H,6,8H2,1-3H3,(H,17,18)/t12-/m0/s1. The van der Waals surface area contributed by atoms with E-state index in [0.717, 1.165) is 5.56 Å². The van der Waals surface area contributed by atoms with E-state index in [1.54, 1.807) is 25.3 Å². The Morgan fingerprint density at radius 1 is 1.47 bits per heavy atom. The number of carbonyl (C=O) groups is 1. The second kappa shape index (κ2) is 7.36. The molecule has 19 heavy (non-hydrogen) atoms. The first-order valence-corrected chi connectivity index (χ1v) is 6.60. The van der Waals surface area contributed by atoms with Gasteiger partial charge in [-0.25, -0.2) is 0 Å². The summed E-state index contributed by atoms with van der Waals surface area (Å²) in [5, 5.41) is 12.8. The molecule has 1 rings (SSSR count). The number of hydrogen-bond donors (Lipinski definition) is 2. The zero-order valence-electron chi connectivity index (χ0n) is 11.4. The Balaban J connectivity index is 2.73. The normalized spacial score (nSPS) is 12.5. The summed E-state index contributed by atoms with van der Waals surface area (Å²) < 4.78 is 5.23. The predicted octanol–water partition coefficient (Wildman–Crippen LogP) is 2.94. The van der Waals surface area contributed by atoms with Crippen LogP contribution >= 0.6 is 11.6 Å². The maximum atomic E-state index is 11.2. The maximum absolute atomic E-state index is 11.2. The summed E-state index contributed by atoms with van der Waals surface area (Å²) in [4.78, 5) is 11.2. The molecule has 5 heteroatoms. The van der Waals surface area contributed by atoms with Crippen molar-refractivity contribution in [2.24, 2.45) is 5.92 Å². The summed E-state index contributed by atoms with van der Waals surface area (Å²) in [5.74, 6) is 0.176. The highest BCUT2D eigenvalue weighted by atomic mass is 35.5. The van der Waals surface area contributed by atoms with Gasteiger partial charge in [0.2, 0.25) is 0 Å². The van der Waals surface area contributed by atoms with Crippen LogP contribution in [0, 0.1) is 5.92 Å². The number of methoxy groups -OCH3 is 1. The average Bonchev–Trinajstić information content (AvgIpc) is 2.34. The van der Waals surface area contributed by atoms with E-state index in [1.165, 1.54) is 0 Å². The summed E-state index contributed by atoms with van der Waals surface area (Å²) in [6, 6.07) is 4.73. The first kappa shape index (κ1) is 15.8. The fourth-order valence-electron chi connectivity index (χ4n) is 1.86. The van der Waals surface area contributed by atoms with Crippen molar-refractivity contribution in [2.45, 2.75) is 32.9 Å². The summed E-state index contributed by atoms with van der Waals surface area (Å²) in [5.41, 5.74) is 0.852. The highest BCUT2D eigenvalue weighted by molar-refractivity contribution is 6.30. The van der Waals surface area contributed by atoms with Gasteiger partial charge in [-0.05, 0) is 30.5 Å². The van der Waals surface area contributed by atoms with E-state index in [4.69, 9.17) is 21.4 Å². The van der Waals surface area contributed by atoms with Crippen LogP contribution in [-0.4, -0.2) is 24.2 Å². The molecule has 4 nitrogen and oxygen atoms in total. The molecule has 1 atom stereocenters. The van der Waals surface area contributed by atoms with Gasteiger partial charge in [0.1, 0.15) is 11.8 Å². The third-order valence-electron chi connectivity index (χ3n) is 2.79. The van der Waals surface area contributed by atoms with Gasteiger partial charge in [-0.2, -0.15) is 0 Å². The number of halogens is 1. The van der Waals surface area contributed by atoms with Crippen LogP contribution in [0.15, 0.2) is 18.2 Å².